The van der Waals surface area contributed by atoms with Crippen LogP contribution in [0.2, 0.25) is 0 Å². The van der Waals surface area contributed by atoms with Gasteiger partial charge in [-0.1, -0.05) is 0 Å². The number of hydrogen-bond donors (Lipinski definition) is 0. The highest BCUT2D eigenvalue weighted by Crippen LogP contribution is 2.63. The average Bonchev–Trinajstić information content (AvgIpc) is 2.51. The van der Waals surface area contributed by atoms with Crippen molar-refractivity contribution in [2.75, 3.05) is 13.2 Å². The fraction of sp³-hybridized carbons (Fsp3) is 0.944. The Hall–Kier alpha value is -0.410. The lowest BCUT2D eigenvalue weighted by molar-refractivity contribution is -0.173. The molecule has 3 heteroatoms. The summed E-state index contributed by atoms with van der Waals surface area (Å²) < 4.78 is 11.5. The van der Waals surface area contributed by atoms with Crippen molar-refractivity contribution >= 4 is 5.78 Å². The van der Waals surface area contributed by atoms with Gasteiger partial charge in [-0.05, 0) is 71.6 Å². The van der Waals surface area contributed by atoms with E-state index in [0.717, 1.165) is 71.0 Å². The third kappa shape index (κ3) is 2.68. The topological polar surface area (TPSA) is 35.5 Å². The molecule has 0 saturated heterocycles. The lowest BCUT2D eigenvalue weighted by Gasteiger charge is -2.59. The molecule has 0 aromatic heterocycles. The van der Waals surface area contributed by atoms with Crippen LogP contribution in [0.15, 0.2) is 0 Å². The van der Waals surface area contributed by atoms with E-state index in [4.69, 9.17) is 9.47 Å². The first kappa shape index (κ1) is 15.5. The number of ketones is 1. The number of carbonyl (C=O) groups excluding carboxylic acids is 1. The van der Waals surface area contributed by atoms with Gasteiger partial charge in [-0.15, -0.1) is 0 Å². The summed E-state index contributed by atoms with van der Waals surface area (Å²) in [5.74, 6) is 0.597. The number of hydrogen-bond acceptors (Lipinski definition) is 3. The van der Waals surface area contributed by atoms with E-state index in [1.807, 2.05) is 0 Å². The zero-order valence-corrected chi connectivity index (χ0v) is 13.7. The summed E-state index contributed by atoms with van der Waals surface area (Å²) in [7, 11) is 0. The van der Waals surface area contributed by atoms with E-state index in [1.165, 1.54) is 0 Å². The highest BCUT2D eigenvalue weighted by molar-refractivity contribution is 5.96. The summed E-state index contributed by atoms with van der Waals surface area (Å²) >= 11 is 0. The average molecular weight is 294 g/mol. The summed E-state index contributed by atoms with van der Waals surface area (Å²) in [6, 6.07) is 0. The highest BCUT2D eigenvalue weighted by atomic mass is 16.5. The summed E-state index contributed by atoms with van der Waals surface area (Å²) in [4.78, 5) is 13.0. The molecule has 3 nitrogen and oxygen atoms in total. The quantitative estimate of drug-likeness (QED) is 0.789. The second-order valence-corrected chi connectivity index (χ2v) is 7.38. The third-order valence-corrected chi connectivity index (χ3v) is 6.22. The Morgan fingerprint density at radius 2 is 1.24 bits per heavy atom. The SMILES string of the molecule is CCOC1CC[C@]2(CC1)C[C@@]1(CCC(OCC)CC1)C2=O. The lowest BCUT2D eigenvalue weighted by atomic mass is 9.44. The van der Waals surface area contributed by atoms with E-state index in [-0.39, 0.29) is 10.8 Å². The highest BCUT2D eigenvalue weighted by Gasteiger charge is 2.63. The Labute approximate surface area is 128 Å². The first-order valence-corrected chi connectivity index (χ1v) is 8.92. The van der Waals surface area contributed by atoms with Gasteiger partial charge in [0, 0.05) is 24.0 Å². The predicted molar refractivity (Wildman–Crippen MR) is 82.3 cm³/mol. The molecule has 0 aromatic carbocycles. The Bertz CT molecular complexity index is 340. The molecule has 0 aromatic rings. The minimum Gasteiger partial charge on any atom is -0.379 e. The minimum absolute atomic E-state index is 0.0338. The van der Waals surface area contributed by atoms with Gasteiger partial charge in [-0.2, -0.15) is 0 Å². The van der Waals surface area contributed by atoms with Crippen molar-refractivity contribution in [3.05, 3.63) is 0 Å². The lowest BCUT2D eigenvalue weighted by Crippen LogP contribution is -2.60. The van der Waals surface area contributed by atoms with Gasteiger partial charge in [-0.3, -0.25) is 4.79 Å². The smallest absolute Gasteiger partial charge is 0.145 e. The molecule has 120 valence electrons. The normalized spacial score (nSPS) is 43.2. The van der Waals surface area contributed by atoms with Crippen LogP contribution in [-0.2, 0) is 14.3 Å². The van der Waals surface area contributed by atoms with E-state index in [9.17, 15) is 4.79 Å². The molecule has 0 radical (unpaired) electrons. The summed E-state index contributed by atoms with van der Waals surface area (Å²) in [5, 5.41) is 0. The molecule has 0 amide bonds. The Morgan fingerprint density at radius 3 is 1.52 bits per heavy atom. The van der Waals surface area contributed by atoms with Gasteiger partial charge in [0.2, 0.25) is 0 Å². The Morgan fingerprint density at radius 1 is 0.857 bits per heavy atom. The molecule has 2 spiro atoms. The molecule has 0 N–H and O–H groups in total. The number of carbonyl (C=O) groups is 1. The molecule has 0 bridgehead atoms. The second-order valence-electron chi connectivity index (χ2n) is 7.38. The monoisotopic (exact) mass is 294 g/mol. The molecule has 0 atom stereocenters. The summed E-state index contributed by atoms with van der Waals surface area (Å²) in [6.07, 6.45) is 10.5. The van der Waals surface area contributed by atoms with Gasteiger partial charge in [-0.25, -0.2) is 0 Å². The van der Waals surface area contributed by atoms with Crippen molar-refractivity contribution in [3.63, 3.8) is 0 Å². The Kier molecular flexibility index (Phi) is 4.42. The van der Waals surface area contributed by atoms with Crippen LogP contribution in [0.25, 0.3) is 0 Å². The number of rotatable bonds is 4. The maximum absolute atomic E-state index is 13.0. The maximum Gasteiger partial charge on any atom is 0.145 e. The van der Waals surface area contributed by atoms with E-state index in [0.29, 0.717) is 18.0 Å². The predicted octanol–water partition coefficient (Wildman–Crippen LogP) is 3.89. The van der Waals surface area contributed by atoms with E-state index < -0.39 is 0 Å². The fourth-order valence-corrected chi connectivity index (χ4v) is 5.16. The van der Waals surface area contributed by atoms with Crippen LogP contribution in [0.3, 0.4) is 0 Å². The molecular formula is C18H30O3. The van der Waals surface area contributed by atoms with Gasteiger partial charge < -0.3 is 9.47 Å². The molecule has 3 fully saturated rings. The van der Waals surface area contributed by atoms with Crippen molar-refractivity contribution in [2.24, 2.45) is 10.8 Å². The third-order valence-electron chi connectivity index (χ3n) is 6.22. The summed E-state index contributed by atoms with van der Waals surface area (Å²) in [5.41, 5.74) is 0.0676. The first-order valence-electron chi connectivity index (χ1n) is 8.92. The minimum atomic E-state index is 0.0338. The first-order chi connectivity index (χ1) is 10.1. The molecule has 3 rings (SSSR count). The molecule has 0 aliphatic heterocycles. The molecule has 0 unspecified atom stereocenters. The zero-order valence-electron chi connectivity index (χ0n) is 13.7. The largest absolute Gasteiger partial charge is 0.379 e. The van der Waals surface area contributed by atoms with Crippen molar-refractivity contribution in [3.8, 4) is 0 Å². The zero-order chi connectivity index (χ0) is 14.9. The number of ether oxygens (including phenoxy) is 2. The molecular weight excluding hydrogens is 264 g/mol. The van der Waals surface area contributed by atoms with Gasteiger partial charge in [0.25, 0.3) is 0 Å². The van der Waals surface area contributed by atoms with Crippen molar-refractivity contribution in [1.29, 1.82) is 0 Å². The van der Waals surface area contributed by atoms with Crippen LogP contribution in [0.4, 0.5) is 0 Å². The Balaban J connectivity index is 1.54. The van der Waals surface area contributed by atoms with Crippen LogP contribution >= 0.6 is 0 Å². The van der Waals surface area contributed by atoms with Crippen LogP contribution in [0, 0.1) is 10.8 Å². The van der Waals surface area contributed by atoms with Gasteiger partial charge in [0.1, 0.15) is 5.78 Å². The standard InChI is InChI=1S/C18H30O3/c1-3-20-14-5-9-17(10-6-14)13-18(16(17)19)11-7-15(8-12-18)21-4-2/h14-15H,3-13H2,1-2H3/t14?,15?,17-,18-. The maximum atomic E-state index is 13.0. The molecule has 3 aliphatic rings. The van der Waals surface area contributed by atoms with E-state index in [2.05, 4.69) is 13.8 Å². The molecule has 0 heterocycles. The molecule has 3 aliphatic carbocycles. The van der Waals surface area contributed by atoms with Crippen LogP contribution < -0.4 is 0 Å². The van der Waals surface area contributed by atoms with Crippen LogP contribution in [-0.4, -0.2) is 31.2 Å². The summed E-state index contributed by atoms with van der Waals surface area (Å²) in [6.45, 7) is 5.72. The van der Waals surface area contributed by atoms with Crippen LogP contribution in [0.1, 0.15) is 71.6 Å². The fourth-order valence-electron chi connectivity index (χ4n) is 5.16. The van der Waals surface area contributed by atoms with E-state index in [1.54, 1.807) is 0 Å². The van der Waals surface area contributed by atoms with Gasteiger partial charge >= 0.3 is 0 Å². The van der Waals surface area contributed by atoms with Crippen molar-refractivity contribution < 1.29 is 14.3 Å². The van der Waals surface area contributed by atoms with Gasteiger partial charge in [0.15, 0.2) is 0 Å². The molecule has 3 saturated carbocycles. The molecule has 21 heavy (non-hydrogen) atoms. The number of Topliss-reactive ketones (excluding diaryl/α,β-unsaturated/α-hetero) is 1. The van der Waals surface area contributed by atoms with Crippen LogP contribution in [0.5, 0.6) is 0 Å². The van der Waals surface area contributed by atoms with E-state index >= 15 is 0 Å². The second kappa shape index (κ2) is 6.00. The van der Waals surface area contributed by atoms with Gasteiger partial charge in [0.05, 0.1) is 12.2 Å². The van der Waals surface area contributed by atoms with Crippen molar-refractivity contribution in [1.82, 2.24) is 0 Å². The van der Waals surface area contributed by atoms with Crippen molar-refractivity contribution in [2.45, 2.75) is 83.8 Å².